The first-order valence-electron chi connectivity index (χ1n) is 7.25. The van der Waals surface area contributed by atoms with E-state index in [0.717, 1.165) is 11.3 Å². The first kappa shape index (κ1) is 15.1. The molecule has 0 spiro atoms. The third-order valence-corrected chi connectivity index (χ3v) is 3.35. The summed E-state index contributed by atoms with van der Waals surface area (Å²) in [6.45, 7) is 3.74. The first-order chi connectivity index (χ1) is 10.8. The molecule has 0 saturated heterocycles. The summed E-state index contributed by atoms with van der Waals surface area (Å²) in [6, 6.07) is 7.13. The monoisotopic (exact) mass is 311 g/mol. The van der Waals surface area contributed by atoms with Crippen molar-refractivity contribution < 1.29 is 14.6 Å². The lowest BCUT2D eigenvalue weighted by molar-refractivity contribution is 0.0995. The van der Waals surface area contributed by atoms with E-state index in [0.29, 0.717) is 24.5 Å². The second kappa shape index (κ2) is 5.45. The molecular formula is C17H17N3O3. The maximum absolute atomic E-state index is 11.4. The summed E-state index contributed by atoms with van der Waals surface area (Å²) in [5, 5.41) is 14.0. The van der Waals surface area contributed by atoms with Gasteiger partial charge in [-0.2, -0.15) is 5.10 Å². The van der Waals surface area contributed by atoms with E-state index in [2.05, 4.69) is 16.9 Å². The predicted octanol–water partition coefficient (Wildman–Crippen LogP) is 1.03. The Hall–Kier alpha value is -2.78. The molecule has 6 nitrogen and oxygen atoms in total. The van der Waals surface area contributed by atoms with Gasteiger partial charge in [-0.25, -0.2) is 4.68 Å². The predicted molar refractivity (Wildman–Crippen MR) is 84.5 cm³/mol. The molecule has 0 atom stereocenters. The van der Waals surface area contributed by atoms with E-state index in [-0.39, 0.29) is 5.69 Å². The second-order valence-electron chi connectivity index (χ2n) is 5.89. The van der Waals surface area contributed by atoms with Gasteiger partial charge in [0.25, 0.3) is 5.91 Å². The van der Waals surface area contributed by atoms with Gasteiger partial charge in [0.15, 0.2) is 5.69 Å². The molecular weight excluding hydrogens is 294 g/mol. The summed E-state index contributed by atoms with van der Waals surface area (Å²) in [6.07, 6.45) is 0.625. The molecule has 1 amide bonds. The summed E-state index contributed by atoms with van der Waals surface area (Å²) < 4.78 is 7.38. The fraction of sp³-hybridized carbons (Fsp3) is 0.294. The Balaban J connectivity index is 2.10. The fourth-order valence-corrected chi connectivity index (χ4v) is 2.30. The zero-order valence-electron chi connectivity index (χ0n) is 13.0. The third kappa shape index (κ3) is 3.20. The van der Waals surface area contributed by atoms with Crippen LogP contribution in [-0.2, 0) is 6.42 Å². The number of aromatic nitrogens is 2. The van der Waals surface area contributed by atoms with Crippen molar-refractivity contribution in [2.75, 3.05) is 6.61 Å². The molecule has 0 radical (unpaired) electrons. The smallest absolute Gasteiger partial charge is 0.269 e. The molecule has 2 aromatic rings. The van der Waals surface area contributed by atoms with Crippen molar-refractivity contribution in [3.05, 3.63) is 41.2 Å². The van der Waals surface area contributed by atoms with Gasteiger partial charge in [-0.15, -0.1) is 0 Å². The third-order valence-electron chi connectivity index (χ3n) is 3.35. The number of carbonyl (C=O) groups is 1. The molecule has 1 aromatic carbocycles. The highest BCUT2D eigenvalue weighted by molar-refractivity contribution is 5.91. The van der Waals surface area contributed by atoms with Gasteiger partial charge in [0, 0.05) is 17.7 Å². The molecule has 1 aromatic heterocycles. The van der Waals surface area contributed by atoms with Crippen molar-refractivity contribution in [3.8, 4) is 23.3 Å². The number of aliphatic hydroxyl groups is 1. The highest BCUT2D eigenvalue weighted by atomic mass is 16.5. The van der Waals surface area contributed by atoms with Crippen LogP contribution in [0.3, 0.4) is 0 Å². The average Bonchev–Trinajstić information content (AvgIpc) is 2.82. The van der Waals surface area contributed by atoms with Crippen molar-refractivity contribution in [2.45, 2.75) is 25.9 Å². The zero-order valence-corrected chi connectivity index (χ0v) is 13.0. The Bertz CT molecular complexity index is 835. The Morgan fingerprint density at radius 3 is 2.91 bits per heavy atom. The summed E-state index contributed by atoms with van der Waals surface area (Å²) in [7, 11) is 0. The number of amides is 1. The maximum atomic E-state index is 11.4. The van der Waals surface area contributed by atoms with E-state index in [1.54, 1.807) is 24.6 Å². The molecule has 6 heteroatoms. The maximum Gasteiger partial charge on any atom is 0.269 e. The first-order valence-corrected chi connectivity index (χ1v) is 7.25. The van der Waals surface area contributed by atoms with Crippen LogP contribution < -0.4 is 10.5 Å². The number of carbonyl (C=O) groups excluding carboxylic acids is 1. The van der Waals surface area contributed by atoms with Crippen LogP contribution >= 0.6 is 0 Å². The van der Waals surface area contributed by atoms with Gasteiger partial charge in [0.05, 0.1) is 6.61 Å². The van der Waals surface area contributed by atoms with Crippen molar-refractivity contribution in [1.29, 1.82) is 0 Å². The minimum atomic E-state index is -1.07. The van der Waals surface area contributed by atoms with Crippen LogP contribution in [0.5, 0.6) is 5.75 Å². The normalized spacial score (nSPS) is 13.0. The molecule has 1 aliphatic heterocycles. The lowest BCUT2D eigenvalue weighted by Crippen LogP contribution is -2.14. The zero-order chi connectivity index (χ0) is 16.6. The van der Waals surface area contributed by atoms with E-state index in [9.17, 15) is 9.90 Å². The van der Waals surface area contributed by atoms with Gasteiger partial charge < -0.3 is 15.6 Å². The fourth-order valence-electron chi connectivity index (χ4n) is 2.30. The summed E-state index contributed by atoms with van der Waals surface area (Å²) in [5.41, 5.74) is 6.74. The van der Waals surface area contributed by atoms with Gasteiger partial charge in [-0.05, 0) is 38.1 Å². The number of hydrogen-bond donors (Lipinski definition) is 2. The number of benzene rings is 1. The lowest BCUT2D eigenvalue weighted by Gasteiger charge is -2.09. The van der Waals surface area contributed by atoms with Crippen molar-refractivity contribution in [3.63, 3.8) is 0 Å². The van der Waals surface area contributed by atoms with Crippen LogP contribution in [0.4, 0.5) is 0 Å². The Labute approximate surface area is 133 Å². The second-order valence-corrected chi connectivity index (χ2v) is 5.89. The minimum Gasteiger partial charge on any atom is -0.491 e. The number of primary amides is 1. The van der Waals surface area contributed by atoms with Gasteiger partial charge in [0.2, 0.25) is 0 Å². The van der Waals surface area contributed by atoms with E-state index in [1.807, 2.05) is 18.2 Å². The number of fused-ring (bicyclic) bond motifs is 3. The molecule has 0 aliphatic carbocycles. The molecule has 0 bridgehead atoms. The number of hydrogen-bond acceptors (Lipinski definition) is 4. The van der Waals surface area contributed by atoms with Crippen molar-refractivity contribution in [1.82, 2.24) is 9.78 Å². The van der Waals surface area contributed by atoms with Gasteiger partial charge in [-0.1, -0.05) is 11.8 Å². The quantitative estimate of drug-likeness (QED) is 0.770. The summed E-state index contributed by atoms with van der Waals surface area (Å²) in [4.78, 5) is 11.4. The Kier molecular flexibility index (Phi) is 3.58. The molecule has 0 saturated carbocycles. The van der Waals surface area contributed by atoms with Crippen molar-refractivity contribution >= 4 is 5.91 Å². The van der Waals surface area contributed by atoms with Crippen LogP contribution in [-0.4, -0.2) is 33.0 Å². The van der Waals surface area contributed by atoms with E-state index in [1.165, 1.54) is 0 Å². The van der Waals surface area contributed by atoms with Crippen molar-refractivity contribution in [2.24, 2.45) is 5.73 Å². The highest BCUT2D eigenvalue weighted by Crippen LogP contribution is 2.28. The van der Waals surface area contributed by atoms with Crippen LogP contribution in [0.2, 0.25) is 0 Å². The van der Waals surface area contributed by atoms with Crippen LogP contribution in [0.25, 0.3) is 5.69 Å². The highest BCUT2D eigenvalue weighted by Gasteiger charge is 2.19. The van der Waals surface area contributed by atoms with Crippen LogP contribution in [0, 0.1) is 11.8 Å². The lowest BCUT2D eigenvalue weighted by atomic mass is 10.1. The molecule has 23 heavy (non-hydrogen) atoms. The SMILES string of the molecule is CC(C)(O)C#Cc1ccc2c(c1)-n1nc(C(N)=O)cc1CCO2. The Morgan fingerprint density at radius 1 is 1.43 bits per heavy atom. The molecule has 3 N–H and O–H groups in total. The molecule has 2 heterocycles. The topological polar surface area (TPSA) is 90.4 Å². The standard InChI is InChI=1S/C17H17N3O3/c1-17(2,22)7-5-11-3-4-15-14(9-11)20-12(6-8-23-15)10-13(19-20)16(18)21/h3-4,9-10,22H,6,8H2,1-2H3,(H2,18,21). The molecule has 118 valence electrons. The van der Waals surface area contributed by atoms with Gasteiger partial charge in [-0.3, -0.25) is 4.79 Å². The minimum absolute atomic E-state index is 0.223. The molecule has 0 unspecified atom stereocenters. The number of rotatable bonds is 1. The molecule has 3 rings (SSSR count). The van der Waals surface area contributed by atoms with E-state index >= 15 is 0 Å². The van der Waals surface area contributed by atoms with Crippen LogP contribution in [0.1, 0.15) is 35.6 Å². The number of nitrogens with two attached hydrogens (primary N) is 1. The Morgan fingerprint density at radius 2 is 2.22 bits per heavy atom. The summed E-state index contributed by atoms with van der Waals surface area (Å²) >= 11 is 0. The van der Waals surface area contributed by atoms with Gasteiger partial charge in [0.1, 0.15) is 17.0 Å². The largest absolute Gasteiger partial charge is 0.491 e. The molecule has 1 aliphatic rings. The van der Waals surface area contributed by atoms with Crippen LogP contribution in [0.15, 0.2) is 24.3 Å². The average molecular weight is 311 g/mol. The molecule has 0 fully saturated rings. The van der Waals surface area contributed by atoms with Gasteiger partial charge >= 0.3 is 0 Å². The van der Waals surface area contributed by atoms with E-state index < -0.39 is 11.5 Å². The summed E-state index contributed by atoms with van der Waals surface area (Å²) in [5.74, 6) is 5.80. The van der Waals surface area contributed by atoms with E-state index in [4.69, 9.17) is 10.5 Å². The number of nitrogens with zero attached hydrogens (tertiary/aromatic N) is 2. The number of ether oxygens (including phenoxy) is 1.